The highest BCUT2D eigenvalue weighted by molar-refractivity contribution is 5.94. The van der Waals surface area contributed by atoms with Crippen molar-refractivity contribution in [3.05, 3.63) is 35.4 Å². The molecule has 4 nitrogen and oxygen atoms in total. The van der Waals surface area contributed by atoms with Crippen molar-refractivity contribution in [2.24, 2.45) is 5.73 Å². The fourth-order valence-corrected chi connectivity index (χ4v) is 1.70. The molecule has 0 saturated carbocycles. The molecule has 0 bridgehead atoms. The lowest BCUT2D eigenvalue weighted by Gasteiger charge is -2.21. The van der Waals surface area contributed by atoms with E-state index in [4.69, 9.17) is 10.5 Å². The van der Waals surface area contributed by atoms with E-state index in [9.17, 15) is 4.79 Å². The van der Waals surface area contributed by atoms with E-state index in [0.717, 1.165) is 5.56 Å². The average Bonchev–Trinajstić information content (AvgIpc) is 2.28. The fraction of sp³-hybridized carbons (Fsp3) is 0.462. The molecule has 0 aromatic heterocycles. The summed E-state index contributed by atoms with van der Waals surface area (Å²) in [7, 11) is 3.35. The number of nitrogens with zero attached hydrogens (tertiary/aromatic N) is 1. The van der Waals surface area contributed by atoms with Crippen LogP contribution in [0.15, 0.2) is 24.3 Å². The second-order valence-electron chi connectivity index (χ2n) is 4.27. The van der Waals surface area contributed by atoms with Crippen LogP contribution in [0.3, 0.4) is 0 Å². The Morgan fingerprint density at radius 1 is 1.53 bits per heavy atom. The van der Waals surface area contributed by atoms with Crippen LogP contribution in [0, 0.1) is 6.92 Å². The zero-order valence-electron chi connectivity index (χ0n) is 10.6. The zero-order chi connectivity index (χ0) is 12.8. The van der Waals surface area contributed by atoms with Gasteiger partial charge in [0.25, 0.3) is 5.91 Å². The summed E-state index contributed by atoms with van der Waals surface area (Å²) < 4.78 is 4.95. The fourth-order valence-electron chi connectivity index (χ4n) is 1.70. The maximum Gasteiger partial charge on any atom is 0.253 e. The highest BCUT2D eigenvalue weighted by atomic mass is 16.5. The Labute approximate surface area is 102 Å². The van der Waals surface area contributed by atoms with E-state index in [2.05, 4.69) is 0 Å². The van der Waals surface area contributed by atoms with Crippen molar-refractivity contribution in [2.75, 3.05) is 27.3 Å². The maximum atomic E-state index is 12.1. The topological polar surface area (TPSA) is 55.6 Å². The molecule has 1 amide bonds. The third-order valence-electron chi connectivity index (χ3n) is 2.50. The van der Waals surface area contributed by atoms with Crippen molar-refractivity contribution < 1.29 is 9.53 Å². The molecule has 1 unspecified atom stereocenters. The Morgan fingerprint density at radius 3 is 2.82 bits per heavy atom. The first-order chi connectivity index (χ1) is 8.04. The summed E-state index contributed by atoms with van der Waals surface area (Å²) in [5.74, 6) is -0.0137. The SMILES string of the molecule is COCC(N)CN(C)C(=O)c1cccc(C)c1. The molecule has 0 aliphatic heterocycles. The first kappa shape index (κ1) is 13.7. The lowest BCUT2D eigenvalue weighted by molar-refractivity contribution is 0.0764. The number of amides is 1. The van der Waals surface area contributed by atoms with E-state index < -0.39 is 0 Å². The van der Waals surface area contributed by atoms with Gasteiger partial charge in [-0.15, -0.1) is 0 Å². The Balaban J connectivity index is 2.63. The summed E-state index contributed by atoms with van der Waals surface area (Å²) >= 11 is 0. The summed E-state index contributed by atoms with van der Waals surface area (Å²) in [6.45, 7) is 2.90. The Hall–Kier alpha value is -1.39. The first-order valence-electron chi connectivity index (χ1n) is 5.61. The van der Waals surface area contributed by atoms with Crippen LogP contribution in [-0.4, -0.2) is 44.2 Å². The van der Waals surface area contributed by atoms with Crippen LogP contribution in [0.25, 0.3) is 0 Å². The van der Waals surface area contributed by atoms with Gasteiger partial charge in [-0.25, -0.2) is 0 Å². The number of aryl methyl sites for hydroxylation is 1. The molecule has 0 saturated heterocycles. The highest BCUT2D eigenvalue weighted by Gasteiger charge is 2.14. The number of hydrogen-bond donors (Lipinski definition) is 1. The van der Waals surface area contributed by atoms with Crippen LogP contribution in [0.5, 0.6) is 0 Å². The zero-order valence-corrected chi connectivity index (χ0v) is 10.6. The van der Waals surface area contributed by atoms with E-state index >= 15 is 0 Å². The number of rotatable bonds is 5. The quantitative estimate of drug-likeness (QED) is 0.831. The Morgan fingerprint density at radius 2 is 2.24 bits per heavy atom. The van der Waals surface area contributed by atoms with Gasteiger partial charge >= 0.3 is 0 Å². The van der Waals surface area contributed by atoms with Crippen LogP contribution in [-0.2, 0) is 4.74 Å². The van der Waals surface area contributed by atoms with E-state index in [1.165, 1.54) is 0 Å². The van der Waals surface area contributed by atoms with E-state index in [-0.39, 0.29) is 11.9 Å². The number of carbonyl (C=O) groups excluding carboxylic acids is 1. The summed E-state index contributed by atoms with van der Waals surface area (Å²) in [6.07, 6.45) is 0. The molecule has 1 aromatic carbocycles. The normalized spacial score (nSPS) is 12.2. The van der Waals surface area contributed by atoms with Crippen molar-refractivity contribution in [1.29, 1.82) is 0 Å². The lowest BCUT2D eigenvalue weighted by atomic mass is 10.1. The molecule has 0 radical (unpaired) electrons. The molecule has 1 rings (SSSR count). The van der Waals surface area contributed by atoms with Crippen LogP contribution < -0.4 is 5.73 Å². The number of likely N-dealkylation sites (N-methyl/N-ethyl adjacent to an activating group) is 1. The van der Waals surface area contributed by atoms with Gasteiger partial charge in [-0.3, -0.25) is 4.79 Å². The van der Waals surface area contributed by atoms with E-state index in [0.29, 0.717) is 18.7 Å². The van der Waals surface area contributed by atoms with Crippen LogP contribution >= 0.6 is 0 Å². The highest BCUT2D eigenvalue weighted by Crippen LogP contribution is 2.07. The monoisotopic (exact) mass is 236 g/mol. The van der Waals surface area contributed by atoms with Gasteiger partial charge in [0.1, 0.15) is 0 Å². The van der Waals surface area contributed by atoms with Crippen molar-refractivity contribution >= 4 is 5.91 Å². The van der Waals surface area contributed by atoms with Crippen LogP contribution in [0.4, 0.5) is 0 Å². The molecule has 0 spiro atoms. The Bertz CT molecular complexity index is 379. The van der Waals surface area contributed by atoms with Gasteiger partial charge in [0, 0.05) is 32.3 Å². The molecular weight excluding hydrogens is 216 g/mol. The summed E-state index contributed by atoms with van der Waals surface area (Å²) in [5.41, 5.74) is 7.58. The maximum absolute atomic E-state index is 12.1. The van der Waals surface area contributed by atoms with Gasteiger partial charge in [-0.1, -0.05) is 17.7 Å². The minimum atomic E-state index is -0.154. The minimum absolute atomic E-state index is 0.0137. The summed E-state index contributed by atoms with van der Waals surface area (Å²) in [6, 6.07) is 7.38. The lowest BCUT2D eigenvalue weighted by Crippen LogP contribution is -2.41. The second kappa shape index (κ2) is 6.37. The van der Waals surface area contributed by atoms with Crippen molar-refractivity contribution in [1.82, 2.24) is 4.90 Å². The van der Waals surface area contributed by atoms with Gasteiger partial charge < -0.3 is 15.4 Å². The molecular formula is C13H20N2O2. The molecule has 17 heavy (non-hydrogen) atoms. The molecule has 94 valence electrons. The number of hydrogen-bond acceptors (Lipinski definition) is 3. The smallest absolute Gasteiger partial charge is 0.253 e. The molecule has 0 heterocycles. The molecule has 2 N–H and O–H groups in total. The Kier molecular flexibility index (Phi) is 5.12. The molecule has 0 fully saturated rings. The van der Waals surface area contributed by atoms with Crippen LogP contribution in [0.2, 0.25) is 0 Å². The third kappa shape index (κ3) is 4.17. The molecule has 0 aliphatic rings. The number of methoxy groups -OCH3 is 1. The first-order valence-corrected chi connectivity index (χ1v) is 5.61. The summed E-state index contributed by atoms with van der Waals surface area (Å²) in [5, 5.41) is 0. The number of ether oxygens (including phenoxy) is 1. The molecule has 1 aromatic rings. The van der Waals surface area contributed by atoms with Crippen molar-refractivity contribution in [3.8, 4) is 0 Å². The van der Waals surface area contributed by atoms with Gasteiger partial charge in [-0.05, 0) is 19.1 Å². The molecule has 0 aliphatic carbocycles. The van der Waals surface area contributed by atoms with E-state index in [1.807, 2.05) is 31.2 Å². The van der Waals surface area contributed by atoms with Gasteiger partial charge in [0.05, 0.1) is 6.61 Å². The summed E-state index contributed by atoms with van der Waals surface area (Å²) in [4.78, 5) is 13.7. The van der Waals surface area contributed by atoms with Crippen molar-refractivity contribution in [3.63, 3.8) is 0 Å². The largest absolute Gasteiger partial charge is 0.383 e. The number of benzene rings is 1. The number of carbonyl (C=O) groups is 1. The average molecular weight is 236 g/mol. The minimum Gasteiger partial charge on any atom is -0.383 e. The van der Waals surface area contributed by atoms with Gasteiger partial charge in [0.15, 0.2) is 0 Å². The second-order valence-corrected chi connectivity index (χ2v) is 4.27. The van der Waals surface area contributed by atoms with E-state index in [1.54, 1.807) is 19.1 Å². The number of nitrogens with two attached hydrogens (primary N) is 1. The standard InChI is InChI=1S/C13H20N2O2/c1-10-5-4-6-11(7-10)13(16)15(2)8-12(14)9-17-3/h4-7,12H,8-9,14H2,1-3H3. The predicted molar refractivity (Wildman–Crippen MR) is 68.0 cm³/mol. The molecule has 1 atom stereocenters. The van der Waals surface area contributed by atoms with Crippen LogP contribution in [0.1, 0.15) is 15.9 Å². The third-order valence-corrected chi connectivity index (χ3v) is 2.50. The van der Waals surface area contributed by atoms with Gasteiger partial charge in [-0.2, -0.15) is 0 Å². The van der Waals surface area contributed by atoms with Gasteiger partial charge in [0.2, 0.25) is 0 Å². The predicted octanol–water partition coefficient (Wildman–Crippen LogP) is 1.04. The molecule has 4 heteroatoms. The van der Waals surface area contributed by atoms with Crippen molar-refractivity contribution in [2.45, 2.75) is 13.0 Å².